The molecule has 0 aliphatic rings. The molecule has 2 rings (SSSR count). The SMILES string of the molecule is CCCCCCCCCC(N)=O.CNCCC(Oc1ccc(C(F)(F)F)cc1)c1ccccc1. The predicted octanol–water partition coefficient (Wildman–Crippen LogP) is 7.05. The van der Waals surface area contributed by atoms with Crippen LogP contribution in [0.15, 0.2) is 54.6 Å². The summed E-state index contributed by atoms with van der Waals surface area (Å²) in [5.41, 5.74) is 5.34. The van der Waals surface area contributed by atoms with E-state index in [-0.39, 0.29) is 12.0 Å². The van der Waals surface area contributed by atoms with Gasteiger partial charge in [0, 0.05) is 12.8 Å². The number of hydrogen-bond acceptors (Lipinski definition) is 3. The van der Waals surface area contributed by atoms with E-state index in [9.17, 15) is 18.0 Å². The van der Waals surface area contributed by atoms with Crippen molar-refractivity contribution in [2.24, 2.45) is 5.73 Å². The molecule has 4 nitrogen and oxygen atoms in total. The van der Waals surface area contributed by atoms with Gasteiger partial charge in [-0.05, 0) is 49.8 Å². The first kappa shape index (κ1) is 29.5. The second-order valence-corrected chi connectivity index (χ2v) is 8.27. The summed E-state index contributed by atoms with van der Waals surface area (Å²) in [5, 5.41) is 3.05. The Morgan fingerprint density at radius 2 is 1.53 bits per heavy atom. The van der Waals surface area contributed by atoms with E-state index < -0.39 is 11.7 Å². The monoisotopic (exact) mass is 480 g/mol. The van der Waals surface area contributed by atoms with Gasteiger partial charge >= 0.3 is 6.18 Å². The van der Waals surface area contributed by atoms with Gasteiger partial charge in [0.15, 0.2) is 0 Å². The fourth-order valence-electron chi connectivity index (χ4n) is 3.38. The summed E-state index contributed by atoms with van der Waals surface area (Å²) in [4.78, 5) is 10.4. The van der Waals surface area contributed by atoms with Crippen molar-refractivity contribution in [3.8, 4) is 5.75 Å². The van der Waals surface area contributed by atoms with Gasteiger partial charge < -0.3 is 15.8 Å². The molecule has 190 valence electrons. The summed E-state index contributed by atoms with van der Waals surface area (Å²) in [6.45, 7) is 2.97. The molecule has 34 heavy (non-hydrogen) atoms. The van der Waals surface area contributed by atoms with Gasteiger partial charge in [0.2, 0.25) is 5.91 Å². The molecule has 0 bridgehead atoms. The molecule has 1 atom stereocenters. The largest absolute Gasteiger partial charge is 0.486 e. The number of nitrogens with two attached hydrogens (primary N) is 1. The van der Waals surface area contributed by atoms with Crippen LogP contribution in [-0.2, 0) is 11.0 Å². The molecule has 0 heterocycles. The number of amides is 1. The van der Waals surface area contributed by atoms with Crippen LogP contribution in [0.2, 0.25) is 0 Å². The van der Waals surface area contributed by atoms with Crippen LogP contribution < -0.4 is 15.8 Å². The number of carbonyl (C=O) groups is 1. The van der Waals surface area contributed by atoms with E-state index in [1.165, 1.54) is 44.2 Å². The van der Waals surface area contributed by atoms with Crippen LogP contribution >= 0.6 is 0 Å². The number of benzene rings is 2. The third-order valence-corrected chi connectivity index (χ3v) is 5.31. The van der Waals surface area contributed by atoms with Crippen molar-refractivity contribution in [1.82, 2.24) is 5.32 Å². The summed E-state index contributed by atoms with van der Waals surface area (Å²) in [5.74, 6) is 0.265. The van der Waals surface area contributed by atoms with Crippen LogP contribution in [0.5, 0.6) is 5.75 Å². The number of primary amides is 1. The van der Waals surface area contributed by atoms with Crippen LogP contribution in [0.25, 0.3) is 0 Å². The standard InChI is InChI=1S/C17H18F3NO.C10H21NO/c1-21-12-11-16(13-5-3-2-4-6-13)22-15-9-7-14(8-10-15)17(18,19)20;1-2-3-4-5-6-7-8-9-10(11)12/h2-10,16,21H,11-12H2,1H3;2-9H2,1H3,(H2,11,12). The number of nitrogens with one attached hydrogen (secondary N) is 1. The van der Waals surface area contributed by atoms with E-state index in [0.29, 0.717) is 12.2 Å². The highest BCUT2D eigenvalue weighted by molar-refractivity contribution is 5.73. The van der Waals surface area contributed by atoms with Gasteiger partial charge in [0.05, 0.1) is 5.56 Å². The molecular weight excluding hydrogens is 441 g/mol. The van der Waals surface area contributed by atoms with E-state index in [1.54, 1.807) is 0 Å². The molecule has 0 saturated heterocycles. The van der Waals surface area contributed by atoms with Crippen molar-refractivity contribution in [3.63, 3.8) is 0 Å². The maximum Gasteiger partial charge on any atom is 0.416 e. The topological polar surface area (TPSA) is 64.4 Å². The van der Waals surface area contributed by atoms with Crippen molar-refractivity contribution >= 4 is 5.91 Å². The van der Waals surface area contributed by atoms with Crippen LogP contribution in [-0.4, -0.2) is 19.5 Å². The van der Waals surface area contributed by atoms with Crippen molar-refractivity contribution in [2.45, 2.75) is 77.0 Å². The number of alkyl halides is 3. The first-order chi connectivity index (χ1) is 16.3. The van der Waals surface area contributed by atoms with Gasteiger partial charge in [-0.2, -0.15) is 13.2 Å². The Labute approximate surface area is 202 Å². The molecule has 0 saturated carbocycles. The molecule has 1 amide bonds. The number of hydrogen-bond donors (Lipinski definition) is 2. The second-order valence-electron chi connectivity index (χ2n) is 8.27. The highest BCUT2D eigenvalue weighted by Crippen LogP contribution is 2.31. The molecule has 3 N–H and O–H groups in total. The van der Waals surface area contributed by atoms with Gasteiger partial charge in [-0.3, -0.25) is 4.79 Å². The maximum atomic E-state index is 12.6. The van der Waals surface area contributed by atoms with E-state index >= 15 is 0 Å². The Hall–Kier alpha value is -2.54. The van der Waals surface area contributed by atoms with E-state index in [0.717, 1.165) is 43.5 Å². The van der Waals surface area contributed by atoms with E-state index in [1.807, 2.05) is 37.4 Å². The number of unbranched alkanes of at least 4 members (excludes halogenated alkanes) is 6. The lowest BCUT2D eigenvalue weighted by molar-refractivity contribution is -0.137. The molecule has 0 fully saturated rings. The fraction of sp³-hybridized carbons (Fsp3) is 0.519. The highest BCUT2D eigenvalue weighted by atomic mass is 19.4. The van der Waals surface area contributed by atoms with Crippen molar-refractivity contribution in [3.05, 3.63) is 65.7 Å². The van der Waals surface area contributed by atoms with Crippen LogP contribution in [0.4, 0.5) is 13.2 Å². The average molecular weight is 481 g/mol. The predicted molar refractivity (Wildman–Crippen MR) is 132 cm³/mol. The molecule has 2 aromatic carbocycles. The molecule has 0 aromatic heterocycles. The molecule has 7 heteroatoms. The van der Waals surface area contributed by atoms with Gasteiger partial charge in [-0.1, -0.05) is 75.8 Å². The summed E-state index contributed by atoms with van der Waals surface area (Å²) in [6.07, 6.45) is 5.43. The third kappa shape index (κ3) is 13.2. The normalized spacial score (nSPS) is 11.9. The number of carbonyl (C=O) groups excluding carboxylic acids is 1. The van der Waals surface area contributed by atoms with Gasteiger partial charge in [0.1, 0.15) is 11.9 Å². The zero-order chi connectivity index (χ0) is 25.2. The van der Waals surface area contributed by atoms with E-state index in [2.05, 4.69) is 12.2 Å². The van der Waals surface area contributed by atoms with Gasteiger partial charge in [-0.25, -0.2) is 0 Å². The maximum absolute atomic E-state index is 12.6. The first-order valence-electron chi connectivity index (χ1n) is 12.1. The zero-order valence-electron chi connectivity index (χ0n) is 20.4. The Morgan fingerprint density at radius 1 is 0.941 bits per heavy atom. The Balaban J connectivity index is 0.000000411. The molecule has 0 radical (unpaired) electrons. The minimum Gasteiger partial charge on any atom is -0.486 e. The summed E-state index contributed by atoms with van der Waals surface area (Å²) in [7, 11) is 1.85. The Morgan fingerprint density at radius 3 is 2.06 bits per heavy atom. The molecule has 0 spiro atoms. The van der Waals surface area contributed by atoms with Crippen LogP contribution in [0.1, 0.15) is 81.9 Å². The molecular formula is C27H39F3N2O2. The number of rotatable bonds is 14. The third-order valence-electron chi connectivity index (χ3n) is 5.31. The number of ether oxygens (including phenoxy) is 1. The lowest BCUT2D eigenvalue weighted by Gasteiger charge is -2.20. The van der Waals surface area contributed by atoms with Crippen molar-refractivity contribution in [2.75, 3.05) is 13.6 Å². The quantitative estimate of drug-likeness (QED) is 0.285. The smallest absolute Gasteiger partial charge is 0.416 e. The molecule has 1 unspecified atom stereocenters. The van der Waals surface area contributed by atoms with Crippen molar-refractivity contribution in [1.29, 1.82) is 0 Å². The summed E-state index contributed by atoms with van der Waals surface area (Å²) >= 11 is 0. The zero-order valence-corrected chi connectivity index (χ0v) is 20.4. The molecule has 0 aliphatic carbocycles. The molecule has 0 aliphatic heterocycles. The average Bonchev–Trinajstić information content (AvgIpc) is 2.82. The minimum absolute atomic E-state index is 0.163. The lowest BCUT2D eigenvalue weighted by atomic mass is 10.1. The Kier molecular flexibility index (Phi) is 14.7. The summed E-state index contributed by atoms with van der Waals surface area (Å²) < 4.78 is 43.6. The van der Waals surface area contributed by atoms with E-state index in [4.69, 9.17) is 10.5 Å². The highest BCUT2D eigenvalue weighted by Gasteiger charge is 2.30. The number of halogens is 3. The fourth-order valence-corrected chi connectivity index (χ4v) is 3.38. The second kappa shape index (κ2) is 17.0. The minimum atomic E-state index is -4.33. The lowest BCUT2D eigenvalue weighted by Crippen LogP contribution is -2.16. The van der Waals surface area contributed by atoms with Crippen LogP contribution in [0.3, 0.4) is 0 Å². The Bertz CT molecular complexity index is 781. The van der Waals surface area contributed by atoms with Crippen molar-refractivity contribution < 1.29 is 22.7 Å². The first-order valence-corrected chi connectivity index (χ1v) is 12.1. The molecule has 2 aromatic rings. The summed E-state index contributed by atoms with van der Waals surface area (Å²) in [6, 6.07) is 14.4. The van der Waals surface area contributed by atoms with Gasteiger partial charge in [0.25, 0.3) is 0 Å². The van der Waals surface area contributed by atoms with Gasteiger partial charge in [-0.15, -0.1) is 0 Å². The van der Waals surface area contributed by atoms with Crippen LogP contribution in [0, 0.1) is 0 Å².